The van der Waals surface area contributed by atoms with Gasteiger partial charge in [0.1, 0.15) is 11.5 Å². The zero-order valence-corrected chi connectivity index (χ0v) is 17.2. The normalized spacial score (nSPS) is 13.5. The fraction of sp³-hybridized carbons (Fsp3) is 0.435. The van der Waals surface area contributed by atoms with E-state index >= 15 is 0 Å². The van der Waals surface area contributed by atoms with Crippen molar-refractivity contribution in [2.24, 2.45) is 0 Å². The second-order valence-electron chi connectivity index (χ2n) is 7.32. The third-order valence-electron chi connectivity index (χ3n) is 5.28. The zero-order valence-electron chi connectivity index (χ0n) is 17.2. The van der Waals surface area contributed by atoms with Crippen LogP contribution in [0.2, 0.25) is 0 Å². The highest BCUT2D eigenvalue weighted by Crippen LogP contribution is 2.32. The van der Waals surface area contributed by atoms with Crippen molar-refractivity contribution in [1.82, 2.24) is 4.90 Å². The fourth-order valence-corrected chi connectivity index (χ4v) is 3.54. The average molecular weight is 383 g/mol. The number of para-hydroxylation sites is 1. The van der Waals surface area contributed by atoms with Crippen molar-refractivity contribution in [3.63, 3.8) is 0 Å². The van der Waals surface area contributed by atoms with Crippen molar-refractivity contribution in [2.45, 2.75) is 45.7 Å². The fourth-order valence-electron chi connectivity index (χ4n) is 3.54. The van der Waals surface area contributed by atoms with E-state index in [4.69, 9.17) is 9.47 Å². The number of carbonyl (C=O) groups is 1. The van der Waals surface area contributed by atoms with Gasteiger partial charge in [0, 0.05) is 23.8 Å². The number of rotatable bonds is 9. The Morgan fingerprint density at radius 2 is 1.93 bits per heavy atom. The summed E-state index contributed by atoms with van der Waals surface area (Å²) in [5.74, 6) is 1.64. The summed E-state index contributed by atoms with van der Waals surface area (Å²) in [6.45, 7) is 5.17. The van der Waals surface area contributed by atoms with E-state index in [0.29, 0.717) is 19.1 Å². The molecule has 0 unspecified atom stereocenters. The molecule has 2 aromatic rings. The third-order valence-corrected chi connectivity index (χ3v) is 5.28. The van der Waals surface area contributed by atoms with Crippen molar-refractivity contribution >= 4 is 11.6 Å². The van der Waals surface area contributed by atoms with Gasteiger partial charge in [0.2, 0.25) is 5.91 Å². The molecule has 1 aliphatic carbocycles. The Kier molecular flexibility index (Phi) is 6.57. The molecule has 0 heterocycles. The first-order valence-electron chi connectivity index (χ1n) is 9.89. The van der Waals surface area contributed by atoms with Crippen LogP contribution in [0.4, 0.5) is 5.69 Å². The molecule has 0 aromatic heterocycles. The summed E-state index contributed by atoms with van der Waals surface area (Å²) in [5, 5.41) is 3.14. The lowest BCUT2D eigenvalue weighted by Gasteiger charge is -2.23. The van der Waals surface area contributed by atoms with Crippen molar-refractivity contribution in [2.75, 3.05) is 26.1 Å². The largest absolute Gasteiger partial charge is 0.497 e. The van der Waals surface area contributed by atoms with Crippen LogP contribution in [-0.2, 0) is 17.8 Å². The molecule has 5 heteroatoms. The van der Waals surface area contributed by atoms with Gasteiger partial charge in [-0.05, 0) is 55.5 Å². The van der Waals surface area contributed by atoms with Crippen molar-refractivity contribution in [3.05, 3.63) is 53.1 Å². The van der Waals surface area contributed by atoms with Crippen molar-refractivity contribution in [1.29, 1.82) is 0 Å². The maximum absolute atomic E-state index is 12.8. The zero-order chi connectivity index (χ0) is 20.1. The molecule has 150 valence electrons. The van der Waals surface area contributed by atoms with Gasteiger partial charge >= 0.3 is 0 Å². The first kappa shape index (κ1) is 20.2. The molecule has 2 aromatic carbocycles. The van der Waals surface area contributed by atoms with Crippen LogP contribution < -0.4 is 14.8 Å². The Bertz CT molecular complexity index is 831. The van der Waals surface area contributed by atoms with E-state index in [-0.39, 0.29) is 5.91 Å². The number of ether oxygens (including phenoxy) is 2. The smallest absolute Gasteiger partial charge is 0.238 e. The number of anilines is 1. The molecule has 3 rings (SSSR count). The monoisotopic (exact) mass is 382 g/mol. The summed E-state index contributed by atoms with van der Waals surface area (Å²) in [6.07, 6.45) is 3.15. The van der Waals surface area contributed by atoms with Crippen LogP contribution in [0.25, 0.3) is 0 Å². The second-order valence-corrected chi connectivity index (χ2v) is 7.32. The minimum Gasteiger partial charge on any atom is -0.497 e. The maximum Gasteiger partial charge on any atom is 0.238 e. The Balaban J connectivity index is 1.73. The lowest BCUT2D eigenvalue weighted by Crippen LogP contribution is -2.35. The Labute approximate surface area is 167 Å². The first-order chi connectivity index (χ1) is 13.5. The number of benzene rings is 2. The van der Waals surface area contributed by atoms with E-state index in [9.17, 15) is 4.79 Å². The molecule has 5 nitrogen and oxygen atoms in total. The quantitative estimate of drug-likeness (QED) is 0.707. The number of nitrogens with one attached hydrogen (secondary N) is 1. The topological polar surface area (TPSA) is 50.8 Å². The Morgan fingerprint density at radius 3 is 2.57 bits per heavy atom. The van der Waals surface area contributed by atoms with E-state index in [1.165, 1.54) is 5.56 Å². The van der Waals surface area contributed by atoms with Crippen LogP contribution in [0.3, 0.4) is 0 Å². The molecule has 1 fully saturated rings. The molecule has 0 radical (unpaired) electrons. The SMILES string of the molecule is CCc1cccc(C)c1NC(=O)CN(Cc1cc(OC)ccc1OC)C1CC1. The molecular weight excluding hydrogens is 352 g/mol. The summed E-state index contributed by atoms with van der Waals surface area (Å²) in [6, 6.07) is 12.4. The van der Waals surface area contributed by atoms with Gasteiger partial charge in [-0.15, -0.1) is 0 Å². The highest BCUT2D eigenvalue weighted by molar-refractivity contribution is 5.93. The molecule has 0 bridgehead atoms. The first-order valence-corrected chi connectivity index (χ1v) is 9.89. The lowest BCUT2D eigenvalue weighted by atomic mass is 10.1. The molecule has 0 saturated heterocycles. The lowest BCUT2D eigenvalue weighted by molar-refractivity contribution is -0.117. The number of aryl methyl sites for hydroxylation is 2. The van der Waals surface area contributed by atoms with E-state index in [1.54, 1.807) is 14.2 Å². The molecule has 28 heavy (non-hydrogen) atoms. The van der Waals surface area contributed by atoms with E-state index < -0.39 is 0 Å². The van der Waals surface area contributed by atoms with Crippen LogP contribution in [0, 0.1) is 6.92 Å². The van der Waals surface area contributed by atoms with E-state index in [2.05, 4.69) is 23.2 Å². The second kappa shape index (κ2) is 9.11. The van der Waals surface area contributed by atoms with Crippen LogP contribution in [0.5, 0.6) is 11.5 Å². The van der Waals surface area contributed by atoms with Gasteiger partial charge in [-0.2, -0.15) is 0 Å². The highest BCUT2D eigenvalue weighted by Gasteiger charge is 2.31. The number of methoxy groups -OCH3 is 2. The third kappa shape index (κ3) is 4.84. The van der Waals surface area contributed by atoms with Crippen LogP contribution in [-0.4, -0.2) is 37.6 Å². The van der Waals surface area contributed by atoms with Gasteiger partial charge in [-0.1, -0.05) is 25.1 Å². The molecule has 0 spiro atoms. The van der Waals surface area contributed by atoms with Gasteiger partial charge in [0.05, 0.1) is 20.8 Å². The van der Waals surface area contributed by atoms with Crippen LogP contribution in [0.15, 0.2) is 36.4 Å². The van der Waals surface area contributed by atoms with Gasteiger partial charge in [0.25, 0.3) is 0 Å². The van der Waals surface area contributed by atoms with Gasteiger partial charge in [-0.3, -0.25) is 9.69 Å². The molecule has 0 aliphatic heterocycles. The highest BCUT2D eigenvalue weighted by atomic mass is 16.5. The summed E-state index contributed by atoms with van der Waals surface area (Å²) < 4.78 is 10.9. The minimum absolute atomic E-state index is 0.0257. The number of amides is 1. The Morgan fingerprint density at radius 1 is 1.14 bits per heavy atom. The van der Waals surface area contributed by atoms with Gasteiger partial charge in [0.15, 0.2) is 0 Å². The molecule has 1 aliphatic rings. The van der Waals surface area contributed by atoms with Gasteiger partial charge in [-0.25, -0.2) is 0 Å². The van der Waals surface area contributed by atoms with Crippen LogP contribution in [0.1, 0.15) is 36.5 Å². The number of hydrogen-bond acceptors (Lipinski definition) is 4. The summed E-state index contributed by atoms with van der Waals surface area (Å²) >= 11 is 0. The maximum atomic E-state index is 12.8. The minimum atomic E-state index is 0.0257. The molecule has 1 amide bonds. The predicted molar refractivity (Wildman–Crippen MR) is 112 cm³/mol. The van der Waals surface area contributed by atoms with Crippen LogP contribution >= 0.6 is 0 Å². The molecule has 1 saturated carbocycles. The standard InChI is InChI=1S/C23H30N2O3/c1-5-17-8-6-7-16(2)23(17)24-22(26)15-25(19-9-10-19)14-18-13-20(27-3)11-12-21(18)28-4/h6-8,11-13,19H,5,9-10,14-15H2,1-4H3,(H,24,26). The molecule has 1 N–H and O–H groups in total. The Hall–Kier alpha value is -2.53. The van der Waals surface area contributed by atoms with E-state index in [1.807, 2.05) is 37.3 Å². The number of nitrogens with zero attached hydrogens (tertiary/aromatic N) is 1. The number of carbonyl (C=O) groups excluding carboxylic acids is 1. The van der Waals surface area contributed by atoms with E-state index in [0.717, 1.165) is 47.6 Å². The summed E-state index contributed by atoms with van der Waals surface area (Å²) in [7, 11) is 3.33. The van der Waals surface area contributed by atoms with Gasteiger partial charge < -0.3 is 14.8 Å². The molecular formula is C23H30N2O3. The summed E-state index contributed by atoms with van der Waals surface area (Å²) in [5.41, 5.74) is 4.25. The van der Waals surface area contributed by atoms with Crippen molar-refractivity contribution in [3.8, 4) is 11.5 Å². The summed E-state index contributed by atoms with van der Waals surface area (Å²) in [4.78, 5) is 15.1. The molecule has 0 atom stereocenters. The number of hydrogen-bond donors (Lipinski definition) is 1. The predicted octanol–water partition coefficient (Wildman–Crippen LogP) is 4.18. The average Bonchev–Trinajstić information content (AvgIpc) is 3.54. The van der Waals surface area contributed by atoms with Crippen molar-refractivity contribution < 1.29 is 14.3 Å².